The second-order valence-electron chi connectivity index (χ2n) is 5.88. The highest BCUT2D eigenvalue weighted by molar-refractivity contribution is 5.61. The lowest BCUT2D eigenvalue weighted by molar-refractivity contribution is 0.362. The van der Waals surface area contributed by atoms with Gasteiger partial charge in [0.2, 0.25) is 0 Å². The van der Waals surface area contributed by atoms with Crippen LogP contribution >= 0.6 is 0 Å². The standard InChI is InChI=1S/C17H19N3/c1-2-6-16-15(5-1)17(13-19-16)7-10-20(11-8-17)14-4-3-9-18-12-14/h1-6,9,12,19H,7-8,10-11,13H2. The lowest BCUT2D eigenvalue weighted by atomic mass is 9.74. The van der Waals surface area contributed by atoms with Gasteiger partial charge < -0.3 is 10.2 Å². The van der Waals surface area contributed by atoms with E-state index in [2.05, 4.69) is 45.5 Å². The van der Waals surface area contributed by atoms with Crippen molar-refractivity contribution < 1.29 is 0 Å². The molecule has 1 spiro atoms. The molecule has 0 atom stereocenters. The molecular formula is C17H19N3. The zero-order chi connectivity index (χ0) is 13.4. The van der Waals surface area contributed by atoms with E-state index in [0.717, 1.165) is 19.6 Å². The molecule has 4 rings (SSSR count). The van der Waals surface area contributed by atoms with Gasteiger partial charge in [0.25, 0.3) is 0 Å². The fourth-order valence-corrected chi connectivity index (χ4v) is 3.64. The Morgan fingerprint density at radius 1 is 1.05 bits per heavy atom. The van der Waals surface area contributed by atoms with Crippen LogP contribution in [-0.2, 0) is 5.41 Å². The molecular weight excluding hydrogens is 246 g/mol. The van der Waals surface area contributed by atoms with Crippen LogP contribution in [0.3, 0.4) is 0 Å². The molecule has 0 unspecified atom stereocenters. The van der Waals surface area contributed by atoms with Gasteiger partial charge in [-0.3, -0.25) is 4.98 Å². The number of piperidine rings is 1. The summed E-state index contributed by atoms with van der Waals surface area (Å²) in [6.07, 6.45) is 6.24. The number of nitrogens with one attached hydrogen (secondary N) is 1. The van der Waals surface area contributed by atoms with Crippen LogP contribution in [0.25, 0.3) is 0 Å². The minimum absolute atomic E-state index is 0.343. The smallest absolute Gasteiger partial charge is 0.0552 e. The minimum Gasteiger partial charge on any atom is -0.384 e. The van der Waals surface area contributed by atoms with Crippen LogP contribution in [0.15, 0.2) is 48.8 Å². The van der Waals surface area contributed by atoms with E-state index in [1.807, 2.05) is 18.5 Å². The third kappa shape index (κ3) is 1.77. The molecule has 20 heavy (non-hydrogen) atoms. The van der Waals surface area contributed by atoms with Crippen molar-refractivity contribution in [3.05, 3.63) is 54.4 Å². The molecule has 3 nitrogen and oxygen atoms in total. The maximum atomic E-state index is 4.23. The first-order valence-electron chi connectivity index (χ1n) is 7.36. The van der Waals surface area contributed by atoms with E-state index in [9.17, 15) is 0 Å². The molecule has 2 aliphatic rings. The summed E-state index contributed by atoms with van der Waals surface area (Å²) in [6.45, 7) is 3.32. The van der Waals surface area contributed by atoms with Crippen LogP contribution < -0.4 is 10.2 Å². The van der Waals surface area contributed by atoms with Crippen molar-refractivity contribution in [2.45, 2.75) is 18.3 Å². The summed E-state index contributed by atoms with van der Waals surface area (Å²) in [7, 11) is 0. The van der Waals surface area contributed by atoms with E-state index in [1.165, 1.54) is 29.8 Å². The van der Waals surface area contributed by atoms with Crippen LogP contribution in [0.4, 0.5) is 11.4 Å². The Morgan fingerprint density at radius 2 is 1.90 bits per heavy atom. The first kappa shape index (κ1) is 11.8. The monoisotopic (exact) mass is 265 g/mol. The predicted octanol–water partition coefficient (Wildman–Crippen LogP) is 3.05. The summed E-state index contributed by atoms with van der Waals surface area (Å²) in [6, 6.07) is 13.0. The molecule has 2 aromatic rings. The lowest BCUT2D eigenvalue weighted by Gasteiger charge is -2.40. The largest absolute Gasteiger partial charge is 0.384 e. The molecule has 0 radical (unpaired) electrons. The average Bonchev–Trinajstić information content (AvgIpc) is 2.88. The van der Waals surface area contributed by atoms with E-state index < -0.39 is 0 Å². The summed E-state index contributed by atoms with van der Waals surface area (Å²) >= 11 is 0. The second kappa shape index (κ2) is 4.51. The fraction of sp³-hybridized carbons (Fsp3) is 0.353. The zero-order valence-electron chi connectivity index (χ0n) is 11.5. The molecule has 102 valence electrons. The summed E-state index contributed by atoms with van der Waals surface area (Å²) < 4.78 is 0. The maximum absolute atomic E-state index is 4.23. The Hall–Kier alpha value is -2.03. The number of aromatic nitrogens is 1. The minimum atomic E-state index is 0.343. The first-order chi connectivity index (χ1) is 9.87. The molecule has 3 heteroatoms. The van der Waals surface area contributed by atoms with Crippen molar-refractivity contribution in [2.75, 3.05) is 29.9 Å². The van der Waals surface area contributed by atoms with Gasteiger partial charge in [-0.15, -0.1) is 0 Å². The van der Waals surface area contributed by atoms with Gasteiger partial charge in [0, 0.05) is 36.9 Å². The molecule has 0 aliphatic carbocycles. The molecule has 1 N–H and O–H groups in total. The number of fused-ring (bicyclic) bond motifs is 2. The number of pyridine rings is 1. The number of benzene rings is 1. The van der Waals surface area contributed by atoms with Gasteiger partial charge in [0.05, 0.1) is 11.9 Å². The molecule has 0 saturated carbocycles. The Morgan fingerprint density at radius 3 is 2.70 bits per heavy atom. The predicted molar refractivity (Wildman–Crippen MR) is 82.3 cm³/mol. The summed E-state index contributed by atoms with van der Waals surface area (Å²) in [5.74, 6) is 0. The van der Waals surface area contributed by atoms with Gasteiger partial charge in [0.15, 0.2) is 0 Å². The molecule has 0 bridgehead atoms. The highest BCUT2D eigenvalue weighted by Gasteiger charge is 2.41. The highest BCUT2D eigenvalue weighted by Crippen LogP contribution is 2.44. The van der Waals surface area contributed by atoms with Gasteiger partial charge in [0.1, 0.15) is 0 Å². The summed E-state index contributed by atoms with van der Waals surface area (Å²) in [5.41, 5.74) is 4.45. The SMILES string of the molecule is c1cncc(N2CCC3(CC2)CNc2ccccc23)c1. The van der Waals surface area contributed by atoms with Crippen molar-refractivity contribution in [1.82, 2.24) is 4.98 Å². The molecule has 3 heterocycles. The number of anilines is 2. The maximum Gasteiger partial charge on any atom is 0.0552 e. The quantitative estimate of drug-likeness (QED) is 0.859. The van der Waals surface area contributed by atoms with Crippen molar-refractivity contribution in [3.63, 3.8) is 0 Å². The molecule has 0 amide bonds. The van der Waals surface area contributed by atoms with Crippen molar-refractivity contribution >= 4 is 11.4 Å². The highest BCUT2D eigenvalue weighted by atomic mass is 15.1. The Balaban J connectivity index is 1.56. The zero-order valence-corrected chi connectivity index (χ0v) is 11.5. The van der Waals surface area contributed by atoms with Crippen LogP contribution in [-0.4, -0.2) is 24.6 Å². The van der Waals surface area contributed by atoms with Crippen LogP contribution in [0.2, 0.25) is 0 Å². The van der Waals surface area contributed by atoms with Gasteiger partial charge in [-0.05, 0) is 36.6 Å². The van der Waals surface area contributed by atoms with E-state index in [0.29, 0.717) is 5.41 Å². The normalized spacial score (nSPS) is 19.7. The van der Waals surface area contributed by atoms with Crippen molar-refractivity contribution in [2.24, 2.45) is 0 Å². The van der Waals surface area contributed by atoms with E-state index >= 15 is 0 Å². The molecule has 2 aliphatic heterocycles. The van der Waals surface area contributed by atoms with Crippen molar-refractivity contribution in [3.8, 4) is 0 Å². The van der Waals surface area contributed by atoms with Gasteiger partial charge in [-0.2, -0.15) is 0 Å². The number of hydrogen-bond donors (Lipinski definition) is 1. The topological polar surface area (TPSA) is 28.2 Å². The van der Waals surface area contributed by atoms with Crippen LogP contribution in [0.1, 0.15) is 18.4 Å². The van der Waals surface area contributed by atoms with Crippen LogP contribution in [0.5, 0.6) is 0 Å². The number of hydrogen-bond acceptors (Lipinski definition) is 3. The third-order valence-corrected chi connectivity index (χ3v) is 4.85. The molecule has 1 aromatic carbocycles. The fourth-order valence-electron chi connectivity index (χ4n) is 3.64. The van der Waals surface area contributed by atoms with E-state index in [4.69, 9.17) is 0 Å². The Bertz CT molecular complexity index is 601. The summed E-state index contributed by atoms with van der Waals surface area (Å²) in [4.78, 5) is 6.69. The number of rotatable bonds is 1. The molecule has 1 fully saturated rings. The Labute approximate surface area is 119 Å². The van der Waals surface area contributed by atoms with Crippen molar-refractivity contribution in [1.29, 1.82) is 0 Å². The van der Waals surface area contributed by atoms with E-state index in [1.54, 1.807) is 0 Å². The lowest BCUT2D eigenvalue weighted by Crippen LogP contribution is -2.43. The molecule has 1 saturated heterocycles. The third-order valence-electron chi connectivity index (χ3n) is 4.85. The average molecular weight is 265 g/mol. The van der Waals surface area contributed by atoms with E-state index in [-0.39, 0.29) is 0 Å². The second-order valence-corrected chi connectivity index (χ2v) is 5.88. The number of nitrogens with zero attached hydrogens (tertiary/aromatic N) is 2. The summed E-state index contributed by atoms with van der Waals surface area (Å²) in [5, 5.41) is 3.58. The first-order valence-corrected chi connectivity index (χ1v) is 7.36. The molecule has 1 aromatic heterocycles. The van der Waals surface area contributed by atoms with Gasteiger partial charge >= 0.3 is 0 Å². The van der Waals surface area contributed by atoms with Crippen LogP contribution in [0, 0.1) is 0 Å². The van der Waals surface area contributed by atoms with Gasteiger partial charge in [-0.25, -0.2) is 0 Å². The van der Waals surface area contributed by atoms with Gasteiger partial charge in [-0.1, -0.05) is 18.2 Å². The Kier molecular flexibility index (Phi) is 2.66. The number of para-hydroxylation sites is 1.